The Balaban J connectivity index is 1.98. The first kappa shape index (κ1) is 35.3. The zero-order chi connectivity index (χ0) is 34.4. The van der Waals surface area contributed by atoms with Gasteiger partial charge in [-0.15, -0.1) is 11.1 Å². The number of benzene rings is 4. The lowest BCUT2D eigenvalue weighted by Crippen LogP contribution is -2.43. The van der Waals surface area contributed by atoms with Gasteiger partial charge in [-0.3, -0.25) is 0 Å². The second kappa shape index (κ2) is 13.5. The molecule has 0 N–H and O–H groups in total. The monoisotopic (exact) mass is 703 g/mol. The Bertz CT molecular complexity index is 1610. The van der Waals surface area contributed by atoms with Crippen molar-refractivity contribution in [2.24, 2.45) is 0 Å². The molecule has 1 heterocycles. The Morgan fingerprint density at radius 3 is 1.23 bits per heavy atom. The predicted octanol–water partition coefficient (Wildman–Crippen LogP) is 10.9. The Kier molecular flexibility index (Phi) is 10.1. The van der Waals surface area contributed by atoms with Crippen LogP contribution in [0.15, 0.2) is 60.7 Å². The Morgan fingerprint density at radius 2 is 0.915 bits per heavy atom. The van der Waals surface area contributed by atoms with Gasteiger partial charge in [0.15, 0.2) is 10.6 Å². The maximum absolute atomic E-state index is 16.0. The van der Waals surface area contributed by atoms with Crippen LogP contribution in [0.25, 0.3) is 0 Å². The number of rotatable bonds is 9. The zero-order valence-electron chi connectivity index (χ0n) is 25.0. The molecule has 4 aromatic rings. The molecular formula is C34H29F10NP2. The molecule has 5 rings (SSSR count). The molecule has 1 saturated heterocycles. The topological polar surface area (TPSA) is 3.24 Å². The van der Waals surface area contributed by atoms with Gasteiger partial charge in [-0.1, -0.05) is 74.0 Å². The Hall–Kier alpha value is -3.00. The van der Waals surface area contributed by atoms with Gasteiger partial charge in [0.2, 0.25) is 58.2 Å². The molecule has 0 amide bonds. The third-order valence-electron chi connectivity index (χ3n) is 8.81. The molecule has 13 heteroatoms. The number of unbranched alkanes of at least 4 members (excludes halogenated alkanes) is 1. The zero-order valence-corrected chi connectivity index (χ0v) is 26.8. The van der Waals surface area contributed by atoms with Crippen molar-refractivity contribution in [2.45, 2.75) is 43.9 Å². The van der Waals surface area contributed by atoms with E-state index in [1.807, 2.05) is 0 Å². The summed E-state index contributed by atoms with van der Waals surface area (Å²) in [5.74, 6) is -24.8. The minimum atomic E-state index is -5.27. The first-order chi connectivity index (χ1) is 22.2. The summed E-state index contributed by atoms with van der Waals surface area (Å²) in [7, 11) is -8.78. The summed E-state index contributed by atoms with van der Waals surface area (Å²) in [6.45, 7) is 9.83. The van der Waals surface area contributed by atoms with Gasteiger partial charge < -0.3 is 0 Å². The number of halogens is 10. The van der Waals surface area contributed by atoms with E-state index in [9.17, 15) is 26.3 Å². The van der Waals surface area contributed by atoms with Crippen molar-refractivity contribution < 1.29 is 43.9 Å². The SMILES string of the molecule is [CH2-][P+](c1c(F)c(F)c(F)c(F)c1F)(c1c(F)c(F)c(F)c(F)c1F)N(CCCC)[P+]1([CH2-])[C@H](c2ccccc2)CC[C@H]1c1ccccc1. The molecule has 0 bridgehead atoms. The highest BCUT2D eigenvalue weighted by atomic mass is 31.2. The first-order valence-electron chi connectivity index (χ1n) is 14.6. The van der Waals surface area contributed by atoms with E-state index < -0.39 is 94.9 Å². The average molecular weight is 704 g/mol. The quantitative estimate of drug-likeness (QED) is 0.0552. The number of hydrogen-bond donors (Lipinski definition) is 0. The van der Waals surface area contributed by atoms with E-state index in [-0.39, 0.29) is 13.0 Å². The van der Waals surface area contributed by atoms with Crippen molar-refractivity contribution in [2.75, 3.05) is 6.54 Å². The van der Waals surface area contributed by atoms with E-state index in [1.54, 1.807) is 67.6 Å². The summed E-state index contributed by atoms with van der Waals surface area (Å²) in [6, 6.07) is 17.3. The van der Waals surface area contributed by atoms with Crippen LogP contribution >= 0.6 is 14.8 Å². The van der Waals surface area contributed by atoms with Crippen LogP contribution in [0.2, 0.25) is 0 Å². The van der Waals surface area contributed by atoms with Crippen molar-refractivity contribution in [1.29, 1.82) is 0 Å². The van der Waals surface area contributed by atoms with Crippen LogP contribution in [-0.2, 0) is 0 Å². The summed E-state index contributed by atoms with van der Waals surface area (Å²) in [4.78, 5) is 0. The molecule has 1 fully saturated rings. The van der Waals surface area contributed by atoms with Crippen LogP contribution in [0.1, 0.15) is 55.1 Å². The maximum atomic E-state index is 16.0. The molecular weight excluding hydrogens is 674 g/mol. The molecule has 0 aliphatic carbocycles. The lowest BCUT2D eigenvalue weighted by molar-refractivity contribution is 0.382. The molecule has 250 valence electrons. The van der Waals surface area contributed by atoms with Crippen LogP contribution in [0.5, 0.6) is 0 Å². The summed E-state index contributed by atoms with van der Waals surface area (Å²) >= 11 is 0. The average Bonchev–Trinajstić information content (AvgIpc) is 3.42. The molecule has 4 aromatic carbocycles. The predicted molar refractivity (Wildman–Crippen MR) is 165 cm³/mol. The molecule has 1 aliphatic heterocycles. The van der Waals surface area contributed by atoms with Crippen molar-refractivity contribution in [3.63, 3.8) is 0 Å². The molecule has 2 atom stereocenters. The summed E-state index contributed by atoms with van der Waals surface area (Å²) in [6.07, 6.45) is 1.23. The van der Waals surface area contributed by atoms with Gasteiger partial charge in [0.1, 0.15) is 0 Å². The summed E-state index contributed by atoms with van der Waals surface area (Å²) in [5, 5.41) is -3.50. The molecule has 0 saturated carbocycles. The highest BCUT2D eigenvalue weighted by Gasteiger charge is 2.63. The normalized spacial score (nSPS) is 17.9. The summed E-state index contributed by atoms with van der Waals surface area (Å²) in [5.41, 5.74) is 0.0955. The van der Waals surface area contributed by atoms with Crippen molar-refractivity contribution in [3.8, 4) is 0 Å². The molecule has 0 aromatic heterocycles. The standard InChI is InChI=1S/C34H29F10NP2/c1-4-5-18-45(46(2)21(19-12-8-6-9-13-19)16-17-22(46)20-14-10-7-11-15-20)47(3,33-29(41)25(37)23(35)26(38)30(33)42)34-31(43)27(39)24(36)28(40)32(34)44/h6-15,21-22H,2-5,16-18H2,1H3/t21-,22-/m0/s1. The van der Waals surface area contributed by atoms with Gasteiger partial charge in [0, 0.05) is 7.41 Å². The minimum Gasteiger partial charge on any atom is -0.200 e. The highest BCUT2D eigenvalue weighted by Crippen LogP contribution is 2.91. The smallest absolute Gasteiger partial charge is 0.200 e. The van der Waals surface area contributed by atoms with E-state index in [2.05, 4.69) is 13.3 Å². The molecule has 0 unspecified atom stereocenters. The van der Waals surface area contributed by atoms with Crippen molar-refractivity contribution >= 4 is 25.4 Å². The Morgan fingerprint density at radius 1 is 0.596 bits per heavy atom. The van der Waals surface area contributed by atoms with E-state index >= 15 is 17.6 Å². The first-order valence-corrected chi connectivity index (χ1v) is 18.6. The van der Waals surface area contributed by atoms with Crippen LogP contribution in [0.3, 0.4) is 0 Å². The second-order valence-corrected chi connectivity index (χ2v) is 18.1. The Labute approximate surface area is 267 Å². The fourth-order valence-corrected chi connectivity index (χ4v) is 17.2. The van der Waals surface area contributed by atoms with Crippen molar-refractivity contribution in [1.82, 2.24) is 4.44 Å². The van der Waals surface area contributed by atoms with E-state index in [0.29, 0.717) is 30.4 Å². The lowest BCUT2D eigenvalue weighted by atomic mass is 10.0. The van der Waals surface area contributed by atoms with E-state index in [4.69, 9.17) is 0 Å². The van der Waals surface area contributed by atoms with E-state index in [0.717, 1.165) is 0 Å². The van der Waals surface area contributed by atoms with Crippen molar-refractivity contribution in [3.05, 3.63) is 143 Å². The van der Waals surface area contributed by atoms with Gasteiger partial charge in [0.05, 0.1) is 25.3 Å². The fraction of sp³-hybridized carbons (Fsp3) is 0.235. The van der Waals surface area contributed by atoms with Crippen LogP contribution < -0.4 is 10.6 Å². The van der Waals surface area contributed by atoms with Gasteiger partial charge in [-0.25, -0.2) is 26.3 Å². The second-order valence-electron chi connectivity index (χ2n) is 11.4. The molecule has 1 aliphatic rings. The molecule has 0 radical (unpaired) electrons. The van der Waals surface area contributed by atoms with Gasteiger partial charge >= 0.3 is 0 Å². The van der Waals surface area contributed by atoms with Crippen LogP contribution in [-0.4, -0.2) is 11.0 Å². The van der Waals surface area contributed by atoms with E-state index in [1.165, 1.54) is 4.44 Å². The largest absolute Gasteiger partial charge is 0.206 e. The third-order valence-corrected chi connectivity index (χ3v) is 18.3. The molecule has 0 spiro atoms. The molecule has 1 nitrogen and oxygen atoms in total. The maximum Gasteiger partial charge on any atom is 0.206 e. The fourth-order valence-electron chi connectivity index (χ4n) is 6.62. The van der Waals surface area contributed by atoms with Gasteiger partial charge in [0.25, 0.3) is 0 Å². The van der Waals surface area contributed by atoms with Crippen LogP contribution in [0.4, 0.5) is 43.9 Å². The molecule has 47 heavy (non-hydrogen) atoms. The lowest BCUT2D eigenvalue weighted by Gasteiger charge is -2.51. The summed E-state index contributed by atoms with van der Waals surface area (Å²) < 4.78 is 154. The highest BCUT2D eigenvalue weighted by molar-refractivity contribution is 7.97. The van der Waals surface area contributed by atoms with Gasteiger partial charge in [-0.2, -0.15) is 24.2 Å². The minimum absolute atomic E-state index is 0.127. The third kappa shape index (κ3) is 5.56. The number of nitrogens with zero attached hydrogens (tertiary/aromatic N) is 1. The van der Waals surface area contributed by atoms with Gasteiger partial charge in [-0.05, 0) is 30.4 Å². The number of hydrogen-bond acceptors (Lipinski definition) is 1. The van der Waals surface area contributed by atoms with Crippen LogP contribution in [0, 0.1) is 71.5 Å².